The minimum absolute atomic E-state index is 0.122. The zero-order chi connectivity index (χ0) is 17.8. The van der Waals surface area contributed by atoms with Crippen molar-refractivity contribution < 1.29 is 8.42 Å². The average Bonchev–Trinajstić information content (AvgIpc) is 2.50. The Balaban J connectivity index is 3.95. The van der Waals surface area contributed by atoms with Crippen LogP contribution in [0.2, 0.25) is 0 Å². The molecule has 23 heavy (non-hydrogen) atoms. The fourth-order valence-electron chi connectivity index (χ4n) is 2.11. The molecule has 0 aliphatic heterocycles. The van der Waals surface area contributed by atoms with Gasteiger partial charge in [-0.3, -0.25) is 4.99 Å². The van der Waals surface area contributed by atoms with E-state index in [2.05, 4.69) is 41.1 Å². The number of nitrogens with zero attached hydrogens (tertiary/aromatic N) is 1. The van der Waals surface area contributed by atoms with E-state index < -0.39 is 10.0 Å². The molecule has 138 valence electrons. The van der Waals surface area contributed by atoms with Crippen LogP contribution < -0.4 is 15.4 Å². The van der Waals surface area contributed by atoms with E-state index >= 15 is 0 Å². The van der Waals surface area contributed by atoms with Gasteiger partial charge in [0.1, 0.15) is 0 Å². The van der Waals surface area contributed by atoms with Crippen LogP contribution >= 0.6 is 0 Å². The molecule has 0 aromatic carbocycles. The van der Waals surface area contributed by atoms with Crippen molar-refractivity contribution in [3.05, 3.63) is 0 Å². The van der Waals surface area contributed by atoms with Crippen molar-refractivity contribution in [2.75, 3.05) is 32.4 Å². The van der Waals surface area contributed by atoms with E-state index in [0.29, 0.717) is 13.1 Å². The maximum absolute atomic E-state index is 11.3. The fourth-order valence-corrected chi connectivity index (χ4v) is 2.77. The molecule has 0 saturated carbocycles. The number of sulfonamides is 1. The first-order valence-corrected chi connectivity index (χ1v) is 10.3. The number of rotatable bonds is 12. The van der Waals surface area contributed by atoms with E-state index in [9.17, 15) is 8.42 Å². The first-order valence-electron chi connectivity index (χ1n) is 8.68. The lowest BCUT2D eigenvalue weighted by Gasteiger charge is -2.26. The van der Waals surface area contributed by atoms with Gasteiger partial charge in [-0.15, -0.1) is 0 Å². The van der Waals surface area contributed by atoms with E-state index in [1.807, 2.05) is 0 Å². The Morgan fingerprint density at radius 3 is 2.30 bits per heavy atom. The van der Waals surface area contributed by atoms with Crippen molar-refractivity contribution in [3.63, 3.8) is 0 Å². The highest BCUT2D eigenvalue weighted by Crippen LogP contribution is 2.22. The predicted octanol–water partition coefficient (Wildman–Crippen LogP) is 2.09. The van der Waals surface area contributed by atoms with Gasteiger partial charge < -0.3 is 10.6 Å². The largest absolute Gasteiger partial charge is 0.356 e. The zero-order valence-corrected chi connectivity index (χ0v) is 16.4. The van der Waals surface area contributed by atoms with Crippen molar-refractivity contribution >= 4 is 16.0 Å². The third-order valence-electron chi connectivity index (χ3n) is 3.76. The molecule has 0 radical (unpaired) electrons. The molecule has 0 aliphatic carbocycles. The van der Waals surface area contributed by atoms with E-state index in [1.54, 1.807) is 14.0 Å². The van der Waals surface area contributed by atoms with Crippen molar-refractivity contribution in [2.24, 2.45) is 10.4 Å². The molecule has 3 N–H and O–H groups in total. The molecule has 0 atom stereocenters. The normalized spacial score (nSPS) is 13.2. The summed E-state index contributed by atoms with van der Waals surface area (Å²) in [5, 5.41) is 6.57. The van der Waals surface area contributed by atoms with Gasteiger partial charge in [-0.25, -0.2) is 13.1 Å². The Hall–Kier alpha value is -0.820. The fraction of sp³-hybridized carbons (Fsp3) is 0.938. The smallest absolute Gasteiger partial charge is 0.211 e. The van der Waals surface area contributed by atoms with Crippen molar-refractivity contribution in [2.45, 2.75) is 59.8 Å². The summed E-state index contributed by atoms with van der Waals surface area (Å²) in [6, 6.07) is 0. The summed E-state index contributed by atoms with van der Waals surface area (Å²) in [4.78, 5) is 4.21. The minimum atomic E-state index is -3.09. The SMILES string of the molecule is CCCCCC(C)(C)CNC(=NC)NCCCNS(=O)(=O)CC. The quantitative estimate of drug-likeness (QED) is 0.286. The van der Waals surface area contributed by atoms with Crippen molar-refractivity contribution in [1.29, 1.82) is 0 Å². The number of unbranched alkanes of at least 4 members (excludes halogenated alkanes) is 2. The van der Waals surface area contributed by atoms with Gasteiger partial charge in [0.2, 0.25) is 10.0 Å². The van der Waals surface area contributed by atoms with Gasteiger partial charge in [-0.2, -0.15) is 0 Å². The second-order valence-electron chi connectivity index (χ2n) is 6.63. The molecular formula is C16H36N4O2S. The summed E-state index contributed by atoms with van der Waals surface area (Å²) in [7, 11) is -1.34. The van der Waals surface area contributed by atoms with Crippen LogP contribution in [0.25, 0.3) is 0 Å². The summed E-state index contributed by atoms with van der Waals surface area (Å²) in [6.45, 7) is 10.4. The zero-order valence-electron chi connectivity index (χ0n) is 15.5. The molecule has 0 bridgehead atoms. The third-order valence-corrected chi connectivity index (χ3v) is 5.17. The topological polar surface area (TPSA) is 82.6 Å². The van der Waals surface area contributed by atoms with Crippen LogP contribution in [-0.2, 0) is 10.0 Å². The Morgan fingerprint density at radius 1 is 1.04 bits per heavy atom. The van der Waals surface area contributed by atoms with Gasteiger partial charge in [0.25, 0.3) is 0 Å². The standard InChI is InChI=1S/C16H36N4O2S/c1-6-8-9-11-16(3,4)14-19-15(17-5)18-12-10-13-20-23(21,22)7-2/h20H,6-14H2,1-5H3,(H2,17,18,19). The second kappa shape index (κ2) is 11.7. The highest BCUT2D eigenvalue weighted by Gasteiger charge is 2.17. The lowest BCUT2D eigenvalue weighted by atomic mass is 9.87. The van der Waals surface area contributed by atoms with E-state index in [4.69, 9.17) is 0 Å². The number of nitrogens with one attached hydrogen (secondary N) is 3. The lowest BCUT2D eigenvalue weighted by molar-refractivity contribution is 0.318. The monoisotopic (exact) mass is 348 g/mol. The average molecular weight is 349 g/mol. The Bertz CT molecular complexity index is 433. The second-order valence-corrected chi connectivity index (χ2v) is 8.72. The molecule has 0 aromatic heterocycles. The Labute approximate surface area is 143 Å². The third kappa shape index (κ3) is 12.3. The van der Waals surface area contributed by atoms with Gasteiger partial charge in [0.05, 0.1) is 5.75 Å². The van der Waals surface area contributed by atoms with Crippen molar-refractivity contribution in [1.82, 2.24) is 15.4 Å². The van der Waals surface area contributed by atoms with E-state index in [1.165, 1.54) is 25.7 Å². The predicted molar refractivity (Wildman–Crippen MR) is 99.4 cm³/mol. The summed E-state index contributed by atoms with van der Waals surface area (Å²) in [5.74, 6) is 0.892. The van der Waals surface area contributed by atoms with Gasteiger partial charge in [0, 0.05) is 26.7 Å². The molecule has 0 heterocycles. The number of hydrogen-bond donors (Lipinski definition) is 3. The van der Waals surface area contributed by atoms with Gasteiger partial charge in [0.15, 0.2) is 5.96 Å². The van der Waals surface area contributed by atoms with Gasteiger partial charge >= 0.3 is 0 Å². The van der Waals surface area contributed by atoms with Crippen molar-refractivity contribution in [3.8, 4) is 0 Å². The summed E-state index contributed by atoms with van der Waals surface area (Å²) < 4.78 is 25.2. The van der Waals surface area contributed by atoms with Gasteiger partial charge in [-0.1, -0.05) is 40.0 Å². The van der Waals surface area contributed by atoms with Crippen LogP contribution in [0.1, 0.15) is 59.8 Å². The molecule has 0 aliphatic rings. The van der Waals surface area contributed by atoms with E-state index in [0.717, 1.165) is 18.9 Å². The molecule has 0 aromatic rings. The van der Waals surface area contributed by atoms with Crippen LogP contribution in [0.15, 0.2) is 4.99 Å². The van der Waals surface area contributed by atoms with Crippen LogP contribution in [0.3, 0.4) is 0 Å². The van der Waals surface area contributed by atoms with E-state index in [-0.39, 0.29) is 11.2 Å². The Kier molecular flexibility index (Phi) is 11.3. The molecule has 6 nitrogen and oxygen atoms in total. The highest BCUT2D eigenvalue weighted by molar-refractivity contribution is 7.89. The highest BCUT2D eigenvalue weighted by atomic mass is 32.2. The molecule has 7 heteroatoms. The van der Waals surface area contributed by atoms with Crippen LogP contribution in [-0.4, -0.2) is 46.8 Å². The first-order chi connectivity index (χ1) is 10.8. The minimum Gasteiger partial charge on any atom is -0.356 e. The molecule has 0 saturated heterocycles. The molecule has 0 fully saturated rings. The van der Waals surface area contributed by atoms with Crippen LogP contribution in [0, 0.1) is 5.41 Å². The maximum atomic E-state index is 11.3. The molecular weight excluding hydrogens is 312 g/mol. The maximum Gasteiger partial charge on any atom is 0.211 e. The first kappa shape index (κ1) is 22.2. The summed E-state index contributed by atoms with van der Waals surface area (Å²) in [6.07, 6.45) is 5.71. The lowest BCUT2D eigenvalue weighted by Crippen LogP contribution is -2.42. The molecule has 0 amide bonds. The summed E-state index contributed by atoms with van der Waals surface area (Å²) in [5.41, 5.74) is 0.240. The number of hydrogen-bond acceptors (Lipinski definition) is 3. The Morgan fingerprint density at radius 2 is 1.74 bits per heavy atom. The van der Waals surface area contributed by atoms with Crippen LogP contribution in [0.5, 0.6) is 0 Å². The number of guanidine groups is 1. The number of aliphatic imine (C=N–C) groups is 1. The van der Waals surface area contributed by atoms with Crippen LogP contribution in [0.4, 0.5) is 0 Å². The van der Waals surface area contributed by atoms with Gasteiger partial charge in [-0.05, 0) is 25.2 Å². The molecule has 0 unspecified atom stereocenters. The summed E-state index contributed by atoms with van der Waals surface area (Å²) >= 11 is 0. The molecule has 0 rings (SSSR count). The molecule has 0 spiro atoms.